The summed E-state index contributed by atoms with van der Waals surface area (Å²) in [4.78, 5) is 12.5. The van der Waals surface area contributed by atoms with Gasteiger partial charge in [-0.05, 0) is 88.9 Å². The minimum absolute atomic E-state index is 0.0613. The molecule has 3 rings (SSSR count). The molecule has 0 heterocycles. The Kier molecular flexibility index (Phi) is 6.60. The fraction of sp³-hybridized carbons (Fsp3) is 0.952. The normalized spacial score (nSPS) is 36.9. The molecule has 0 aliphatic heterocycles. The van der Waals surface area contributed by atoms with Crippen molar-refractivity contribution in [2.75, 3.05) is 0 Å². The Morgan fingerprint density at radius 1 is 0.833 bits per heavy atom. The van der Waals surface area contributed by atoms with Crippen molar-refractivity contribution in [1.82, 2.24) is 0 Å². The molecule has 0 spiro atoms. The lowest BCUT2D eigenvalue weighted by Gasteiger charge is -2.36. The molecule has 0 aromatic carbocycles. The van der Waals surface area contributed by atoms with Gasteiger partial charge in [0.1, 0.15) is 6.10 Å². The van der Waals surface area contributed by atoms with E-state index >= 15 is 0 Å². The molecule has 0 aromatic rings. The van der Waals surface area contributed by atoms with Crippen molar-refractivity contribution in [2.24, 2.45) is 23.7 Å². The number of rotatable bonds is 4. The van der Waals surface area contributed by atoms with Crippen LogP contribution in [0.1, 0.15) is 90.4 Å². The minimum Gasteiger partial charge on any atom is -0.462 e. The van der Waals surface area contributed by atoms with Crippen molar-refractivity contribution in [3.8, 4) is 0 Å². The van der Waals surface area contributed by atoms with Crippen LogP contribution in [0.5, 0.6) is 0 Å². The van der Waals surface area contributed by atoms with Gasteiger partial charge < -0.3 is 9.84 Å². The highest BCUT2D eigenvalue weighted by Gasteiger charge is 2.34. The maximum absolute atomic E-state index is 12.5. The van der Waals surface area contributed by atoms with Gasteiger partial charge in [0, 0.05) is 0 Å². The van der Waals surface area contributed by atoms with Gasteiger partial charge in [-0.25, -0.2) is 0 Å². The van der Waals surface area contributed by atoms with Gasteiger partial charge in [0.15, 0.2) is 0 Å². The summed E-state index contributed by atoms with van der Waals surface area (Å²) in [5.41, 5.74) is 0. The zero-order valence-electron chi connectivity index (χ0n) is 15.4. The third-order valence-corrected chi connectivity index (χ3v) is 7.13. The molecule has 3 aliphatic rings. The monoisotopic (exact) mass is 336 g/mol. The zero-order valence-corrected chi connectivity index (χ0v) is 15.4. The lowest BCUT2D eigenvalue weighted by molar-refractivity contribution is -0.158. The van der Waals surface area contributed by atoms with Crippen molar-refractivity contribution in [2.45, 2.75) is 103 Å². The summed E-state index contributed by atoms with van der Waals surface area (Å²) in [6.07, 6.45) is 15.2. The first kappa shape index (κ1) is 18.2. The summed E-state index contributed by atoms with van der Waals surface area (Å²) < 4.78 is 5.85. The van der Waals surface area contributed by atoms with E-state index in [1.807, 2.05) is 0 Å². The lowest BCUT2D eigenvalue weighted by Crippen LogP contribution is -2.33. The Morgan fingerprint density at radius 2 is 1.38 bits per heavy atom. The summed E-state index contributed by atoms with van der Waals surface area (Å²) >= 11 is 0. The molecule has 0 aromatic heterocycles. The second-order valence-corrected chi connectivity index (χ2v) is 8.72. The average Bonchev–Trinajstić information content (AvgIpc) is 2.63. The maximum atomic E-state index is 12.5. The Hall–Kier alpha value is -0.570. The van der Waals surface area contributed by atoms with Gasteiger partial charge in [-0.2, -0.15) is 0 Å². The van der Waals surface area contributed by atoms with E-state index in [9.17, 15) is 9.90 Å². The molecule has 0 bridgehead atoms. The molecule has 3 saturated carbocycles. The van der Waals surface area contributed by atoms with Crippen LogP contribution in [0.15, 0.2) is 0 Å². The van der Waals surface area contributed by atoms with Crippen LogP contribution in [0.4, 0.5) is 0 Å². The molecule has 3 heteroatoms. The molecule has 0 saturated heterocycles. The first-order valence-electron chi connectivity index (χ1n) is 10.5. The minimum atomic E-state index is -0.0613. The number of hydrogen-bond donors (Lipinski definition) is 1. The number of hydrogen-bond acceptors (Lipinski definition) is 3. The van der Waals surface area contributed by atoms with Crippen molar-refractivity contribution in [3.05, 3.63) is 0 Å². The largest absolute Gasteiger partial charge is 0.462 e. The van der Waals surface area contributed by atoms with Gasteiger partial charge in [0.2, 0.25) is 0 Å². The molecule has 3 fully saturated rings. The number of carbonyl (C=O) groups excluding carboxylic acids is 1. The van der Waals surface area contributed by atoms with E-state index in [1.165, 1.54) is 57.8 Å². The van der Waals surface area contributed by atoms with Gasteiger partial charge in [0.25, 0.3) is 0 Å². The van der Waals surface area contributed by atoms with Gasteiger partial charge in [0.05, 0.1) is 12.0 Å². The second-order valence-electron chi connectivity index (χ2n) is 8.72. The standard InChI is InChI=1S/C21H36O3/c1-15(16-5-3-2-4-6-16)24-21(23)19-9-7-17(8-10-19)18-11-13-20(22)14-12-18/h15-20,22H,2-14H2,1H3. The van der Waals surface area contributed by atoms with E-state index in [0.29, 0.717) is 5.92 Å². The summed E-state index contributed by atoms with van der Waals surface area (Å²) in [6.45, 7) is 2.10. The van der Waals surface area contributed by atoms with Crippen LogP contribution in [0, 0.1) is 23.7 Å². The van der Waals surface area contributed by atoms with E-state index in [-0.39, 0.29) is 24.1 Å². The summed E-state index contributed by atoms with van der Waals surface area (Å²) in [5, 5.41) is 9.67. The van der Waals surface area contributed by atoms with Crippen LogP contribution in [-0.2, 0) is 9.53 Å². The van der Waals surface area contributed by atoms with Gasteiger partial charge >= 0.3 is 5.97 Å². The van der Waals surface area contributed by atoms with Crippen LogP contribution in [0.2, 0.25) is 0 Å². The van der Waals surface area contributed by atoms with Gasteiger partial charge in [-0.3, -0.25) is 4.79 Å². The van der Waals surface area contributed by atoms with Crippen LogP contribution in [0.25, 0.3) is 0 Å². The predicted molar refractivity (Wildman–Crippen MR) is 95.5 cm³/mol. The number of aliphatic hydroxyl groups excluding tert-OH is 1. The third-order valence-electron chi connectivity index (χ3n) is 7.13. The Labute approximate surface area is 147 Å². The van der Waals surface area contributed by atoms with Crippen molar-refractivity contribution in [3.63, 3.8) is 0 Å². The molecule has 3 aliphatic carbocycles. The fourth-order valence-corrected chi connectivity index (χ4v) is 5.38. The van der Waals surface area contributed by atoms with Gasteiger partial charge in [-0.1, -0.05) is 19.3 Å². The Balaban J connectivity index is 1.40. The number of aliphatic hydroxyl groups is 1. The second kappa shape index (κ2) is 8.69. The van der Waals surface area contributed by atoms with E-state index in [4.69, 9.17) is 4.74 Å². The molecule has 138 valence electrons. The Bertz CT molecular complexity index is 386. The van der Waals surface area contributed by atoms with Crippen LogP contribution in [0.3, 0.4) is 0 Å². The van der Waals surface area contributed by atoms with Crippen molar-refractivity contribution in [1.29, 1.82) is 0 Å². The SMILES string of the molecule is CC(OC(=O)C1CCC(C2CCC(O)CC2)CC1)C1CCCCC1. The predicted octanol–water partition coefficient (Wildman–Crippen LogP) is 4.86. The number of ether oxygens (including phenoxy) is 1. The highest BCUT2D eigenvalue weighted by atomic mass is 16.5. The van der Waals surface area contributed by atoms with Gasteiger partial charge in [-0.15, -0.1) is 0 Å². The van der Waals surface area contributed by atoms with Crippen molar-refractivity contribution >= 4 is 5.97 Å². The molecular formula is C21H36O3. The first-order chi connectivity index (χ1) is 11.6. The number of esters is 1. The molecule has 1 unspecified atom stereocenters. The van der Waals surface area contributed by atoms with Crippen LogP contribution in [-0.4, -0.2) is 23.3 Å². The zero-order chi connectivity index (χ0) is 16.9. The van der Waals surface area contributed by atoms with E-state index in [1.54, 1.807) is 0 Å². The van der Waals surface area contributed by atoms with E-state index in [2.05, 4.69) is 6.92 Å². The lowest BCUT2D eigenvalue weighted by atomic mass is 9.70. The summed E-state index contributed by atoms with van der Waals surface area (Å²) in [7, 11) is 0. The fourth-order valence-electron chi connectivity index (χ4n) is 5.38. The maximum Gasteiger partial charge on any atom is 0.309 e. The third kappa shape index (κ3) is 4.74. The highest BCUT2D eigenvalue weighted by Crippen LogP contribution is 2.40. The van der Waals surface area contributed by atoms with E-state index < -0.39 is 0 Å². The van der Waals surface area contributed by atoms with Crippen molar-refractivity contribution < 1.29 is 14.6 Å². The quantitative estimate of drug-likeness (QED) is 0.746. The topological polar surface area (TPSA) is 46.5 Å². The summed E-state index contributed by atoms with van der Waals surface area (Å²) in [6, 6.07) is 0. The molecule has 1 N–H and O–H groups in total. The summed E-state index contributed by atoms with van der Waals surface area (Å²) in [5.74, 6) is 2.36. The first-order valence-corrected chi connectivity index (χ1v) is 10.5. The van der Waals surface area contributed by atoms with E-state index in [0.717, 1.165) is 37.5 Å². The van der Waals surface area contributed by atoms with Crippen LogP contribution >= 0.6 is 0 Å². The molecular weight excluding hydrogens is 300 g/mol. The average molecular weight is 337 g/mol. The molecule has 3 nitrogen and oxygen atoms in total. The highest BCUT2D eigenvalue weighted by molar-refractivity contribution is 5.72. The smallest absolute Gasteiger partial charge is 0.309 e. The number of carbonyl (C=O) groups is 1. The molecule has 24 heavy (non-hydrogen) atoms. The molecule has 0 amide bonds. The Morgan fingerprint density at radius 3 is 1.96 bits per heavy atom. The molecule has 1 atom stereocenters. The molecule has 0 radical (unpaired) electrons. The van der Waals surface area contributed by atoms with Crippen LogP contribution < -0.4 is 0 Å².